The highest BCUT2D eigenvalue weighted by Crippen LogP contribution is 2.20. The van der Waals surface area contributed by atoms with Gasteiger partial charge in [-0.1, -0.05) is 26.0 Å². The van der Waals surface area contributed by atoms with Crippen molar-refractivity contribution in [2.75, 3.05) is 32.7 Å². The average molecular weight is 385 g/mol. The van der Waals surface area contributed by atoms with E-state index in [1.807, 2.05) is 6.92 Å². The molecule has 1 atom stereocenters. The van der Waals surface area contributed by atoms with Gasteiger partial charge in [-0.3, -0.25) is 9.59 Å². The van der Waals surface area contributed by atoms with Crippen LogP contribution in [0.5, 0.6) is 0 Å². The molecule has 1 fully saturated rings. The van der Waals surface area contributed by atoms with Crippen molar-refractivity contribution >= 4 is 21.8 Å². The van der Waals surface area contributed by atoms with E-state index < -0.39 is 15.8 Å². The summed E-state index contributed by atoms with van der Waals surface area (Å²) < 4.78 is 40.0. The molecular formula is C17H24FN3O4S. The van der Waals surface area contributed by atoms with Gasteiger partial charge in [-0.05, 0) is 18.6 Å². The molecule has 0 aliphatic carbocycles. The molecule has 0 bridgehead atoms. The Bertz CT molecular complexity index is 761. The highest BCUT2D eigenvalue weighted by atomic mass is 32.2. The van der Waals surface area contributed by atoms with Crippen molar-refractivity contribution in [2.24, 2.45) is 5.92 Å². The van der Waals surface area contributed by atoms with Crippen molar-refractivity contribution in [1.29, 1.82) is 0 Å². The highest BCUT2D eigenvalue weighted by Gasteiger charge is 2.31. The lowest BCUT2D eigenvalue weighted by Crippen LogP contribution is -2.52. The van der Waals surface area contributed by atoms with Crippen LogP contribution in [0.4, 0.5) is 4.39 Å². The van der Waals surface area contributed by atoms with Gasteiger partial charge in [-0.15, -0.1) is 0 Å². The van der Waals surface area contributed by atoms with Gasteiger partial charge in [0, 0.05) is 32.1 Å². The third-order valence-corrected chi connectivity index (χ3v) is 6.45. The Hall–Kier alpha value is -2.00. The molecule has 1 aromatic rings. The molecule has 9 heteroatoms. The summed E-state index contributed by atoms with van der Waals surface area (Å²) in [4.78, 5) is 25.0. The highest BCUT2D eigenvalue weighted by molar-refractivity contribution is 7.89. The molecule has 144 valence electrons. The summed E-state index contributed by atoms with van der Waals surface area (Å²) >= 11 is 0. The second-order valence-electron chi connectivity index (χ2n) is 6.24. The van der Waals surface area contributed by atoms with Gasteiger partial charge in [0.05, 0.1) is 6.54 Å². The Kier molecular flexibility index (Phi) is 6.71. The second kappa shape index (κ2) is 8.59. The summed E-state index contributed by atoms with van der Waals surface area (Å²) in [6.45, 7) is 4.14. The molecule has 0 radical (unpaired) electrons. The number of nitrogens with one attached hydrogen (secondary N) is 1. The lowest BCUT2D eigenvalue weighted by atomic mass is 10.1. The fraction of sp³-hybridized carbons (Fsp3) is 0.529. The van der Waals surface area contributed by atoms with E-state index in [0.717, 1.165) is 6.07 Å². The summed E-state index contributed by atoms with van der Waals surface area (Å²) in [7, 11) is -3.93. The number of hydrogen-bond acceptors (Lipinski definition) is 4. The fourth-order valence-corrected chi connectivity index (χ4v) is 4.09. The van der Waals surface area contributed by atoms with Crippen LogP contribution in [0.25, 0.3) is 0 Å². The molecule has 1 aromatic carbocycles. The quantitative estimate of drug-likeness (QED) is 0.786. The lowest BCUT2D eigenvalue weighted by molar-refractivity contribution is -0.134. The Morgan fingerprint density at radius 2 is 1.81 bits per heavy atom. The number of piperazine rings is 1. The third-order valence-electron chi connectivity index (χ3n) is 4.52. The average Bonchev–Trinajstić information content (AvgIpc) is 2.65. The standard InChI is InChI=1S/C17H24FN3O4S/c1-3-13(2)17(23)19-12-16(22)20-8-10-21(11-9-20)26(24,25)15-7-5-4-6-14(15)18/h4-7,13H,3,8-12H2,1-2H3,(H,19,23)/t13-/m0/s1. The van der Waals surface area contributed by atoms with Crippen LogP contribution in [0, 0.1) is 11.7 Å². The summed E-state index contributed by atoms with van der Waals surface area (Å²) in [5, 5.41) is 2.59. The minimum atomic E-state index is -3.93. The summed E-state index contributed by atoms with van der Waals surface area (Å²) in [6, 6.07) is 5.23. The first-order valence-electron chi connectivity index (χ1n) is 8.57. The molecule has 1 aliphatic rings. The number of amides is 2. The van der Waals surface area contributed by atoms with Crippen molar-refractivity contribution in [3.63, 3.8) is 0 Å². The molecule has 26 heavy (non-hydrogen) atoms. The first-order chi connectivity index (χ1) is 12.3. The van der Waals surface area contributed by atoms with E-state index >= 15 is 0 Å². The van der Waals surface area contributed by atoms with Gasteiger partial charge in [0.1, 0.15) is 10.7 Å². The Labute approximate surface area is 153 Å². The van der Waals surface area contributed by atoms with Gasteiger partial charge in [0.15, 0.2) is 0 Å². The minimum absolute atomic E-state index is 0.0850. The molecule has 1 saturated heterocycles. The van der Waals surface area contributed by atoms with Crippen LogP contribution in [0.2, 0.25) is 0 Å². The molecule has 2 rings (SSSR count). The number of halogens is 1. The van der Waals surface area contributed by atoms with Crippen LogP contribution in [0.1, 0.15) is 20.3 Å². The molecule has 2 amide bonds. The fourth-order valence-electron chi connectivity index (χ4n) is 2.61. The van der Waals surface area contributed by atoms with Crippen LogP contribution in [0.15, 0.2) is 29.2 Å². The largest absolute Gasteiger partial charge is 0.347 e. The van der Waals surface area contributed by atoms with Gasteiger partial charge >= 0.3 is 0 Å². The van der Waals surface area contributed by atoms with Gasteiger partial charge in [-0.2, -0.15) is 4.31 Å². The number of benzene rings is 1. The Balaban J connectivity index is 1.91. The summed E-state index contributed by atoms with van der Waals surface area (Å²) in [5.74, 6) is -1.39. The van der Waals surface area contributed by atoms with Gasteiger partial charge in [-0.25, -0.2) is 12.8 Å². The molecule has 7 nitrogen and oxygen atoms in total. The smallest absolute Gasteiger partial charge is 0.246 e. The Morgan fingerprint density at radius 1 is 1.19 bits per heavy atom. The van der Waals surface area contributed by atoms with Crippen LogP contribution in [-0.2, 0) is 19.6 Å². The predicted octanol–water partition coefficient (Wildman–Crippen LogP) is 0.821. The van der Waals surface area contributed by atoms with E-state index in [9.17, 15) is 22.4 Å². The third kappa shape index (κ3) is 4.59. The molecule has 0 aromatic heterocycles. The van der Waals surface area contributed by atoms with Gasteiger partial charge in [0.2, 0.25) is 21.8 Å². The SMILES string of the molecule is CC[C@H](C)C(=O)NCC(=O)N1CCN(S(=O)(=O)c2ccccc2F)CC1. The van der Waals surface area contributed by atoms with E-state index in [0.29, 0.717) is 6.42 Å². The first kappa shape index (κ1) is 20.3. The monoisotopic (exact) mass is 385 g/mol. The number of carbonyl (C=O) groups is 2. The maximum absolute atomic E-state index is 13.8. The first-order valence-corrected chi connectivity index (χ1v) is 10.0. The number of rotatable bonds is 6. The molecule has 1 aliphatic heterocycles. The van der Waals surface area contributed by atoms with Crippen LogP contribution >= 0.6 is 0 Å². The number of hydrogen-bond donors (Lipinski definition) is 1. The van der Waals surface area contributed by atoms with Gasteiger partial charge in [0.25, 0.3) is 0 Å². The topological polar surface area (TPSA) is 86.8 Å². The zero-order valence-electron chi connectivity index (χ0n) is 14.9. The van der Waals surface area contributed by atoms with E-state index in [1.165, 1.54) is 27.4 Å². The second-order valence-corrected chi connectivity index (χ2v) is 8.15. The molecule has 1 heterocycles. The van der Waals surface area contributed by atoms with Crippen molar-refractivity contribution in [2.45, 2.75) is 25.2 Å². The van der Waals surface area contributed by atoms with Crippen molar-refractivity contribution in [3.8, 4) is 0 Å². The minimum Gasteiger partial charge on any atom is -0.347 e. The van der Waals surface area contributed by atoms with E-state index in [-0.39, 0.29) is 55.4 Å². The molecule has 1 N–H and O–H groups in total. The van der Waals surface area contributed by atoms with Gasteiger partial charge < -0.3 is 10.2 Å². The van der Waals surface area contributed by atoms with Crippen LogP contribution in [-0.4, -0.2) is 62.2 Å². The number of carbonyl (C=O) groups excluding carboxylic acids is 2. The van der Waals surface area contributed by atoms with E-state index in [1.54, 1.807) is 6.92 Å². The van der Waals surface area contributed by atoms with Crippen molar-refractivity contribution in [1.82, 2.24) is 14.5 Å². The van der Waals surface area contributed by atoms with Crippen molar-refractivity contribution in [3.05, 3.63) is 30.1 Å². The van der Waals surface area contributed by atoms with E-state index in [2.05, 4.69) is 5.32 Å². The van der Waals surface area contributed by atoms with E-state index in [4.69, 9.17) is 0 Å². The number of sulfonamides is 1. The maximum Gasteiger partial charge on any atom is 0.246 e. The molecule has 0 saturated carbocycles. The zero-order valence-corrected chi connectivity index (χ0v) is 15.8. The maximum atomic E-state index is 13.8. The molecule has 0 spiro atoms. The van der Waals surface area contributed by atoms with Crippen LogP contribution in [0.3, 0.4) is 0 Å². The number of nitrogens with zero attached hydrogens (tertiary/aromatic N) is 2. The summed E-state index contributed by atoms with van der Waals surface area (Å²) in [6.07, 6.45) is 0.687. The van der Waals surface area contributed by atoms with Crippen molar-refractivity contribution < 1.29 is 22.4 Å². The summed E-state index contributed by atoms with van der Waals surface area (Å²) in [5.41, 5.74) is 0. The predicted molar refractivity (Wildman–Crippen MR) is 94.2 cm³/mol. The van der Waals surface area contributed by atoms with Crippen LogP contribution < -0.4 is 5.32 Å². The lowest BCUT2D eigenvalue weighted by Gasteiger charge is -2.34. The zero-order chi connectivity index (χ0) is 19.3. The molecular weight excluding hydrogens is 361 g/mol. The molecule has 0 unspecified atom stereocenters. The normalized spacial score (nSPS) is 17.0. The Morgan fingerprint density at radius 3 is 2.38 bits per heavy atom.